The van der Waals surface area contributed by atoms with Crippen molar-refractivity contribution in [2.45, 2.75) is 50.7 Å². The number of aliphatic hydroxyl groups is 1. The quantitative estimate of drug-likeness (QED) is 0.768. The summed E-state index contributed by atoms with van der Waals surface area (Å²) in [7, 11) is 0. The highest BCUT2D eigenvalue weighted by molar-refractivity contribution is 5.25. The number of rotatable bonds is 8. The summed E-state index contributed by atoms with van der Waals surface area (Å²) in [5, 5.41) is 13.5. The number of benzene rings is 1. The maximum absolute atomic E-state index is 9.99. The topological polar surface area (TPSA) is 41.5 Å². The molecule has 0 radical (unpaired) electrons. The lowest BCUT2D eigenvalue weighted by Crippen LogP contribution is -2.50. The van der Waals surface area contributed by atoms with Crippen LogP contribution in [0.2, 0.25) is 0 Å². The lowest BCUT2D eigenvalue weighted by Gasteiger charge is -2.34. The SMILES string of the molecule is CCCNC(CO)(COC1CCCC1)c1ccccc1. The van der Waals surface area contributed by atoms with Gasteiger partial charge < -0.3 is 15.2 Å². The molecule has 1 aromatic carbocycles. The van der Waals surface area contributed by atoms with Gasteiger partial charge in [-0.25, -0.2) is 0 Å². The molecular weight excluding hydrogens is 250 g/mol. The van der Waals surface area contributed by atoms with E-state index in [4.69, 9.17) is 4.74 Å². The van der Waals surface area contributed by atoms with Crippen molar-refractivity contribution in [3.63, 3.8) is 0 Å². The molecule has 1 aliphatic carbocycles. The van der Waals surface area contributed by atoms with Gasteiger partial charge >= 0.3 is 0 Å². The smallest absolute Gasteiger partial charge is 0.0906 e. The van der Waals surface area contributed by atoms with E-state index in [9.17, 15) is 5.11 Å². The number of ether oxygens (including phenoxy) is 1. The molecule has 0 bridgehead atoms. The standard InChI is InChI=1S/C17H27NO2/c1-2-12-18-17(13-19,15-8-4-3-5-9-15)14-20-16-10-6-7-11-16/h3-5,8-9,16,18-19H,2,6-7,10-14H2,1H3. The van der Waals surface area contributed by atoms with Crippen LogP contribution >= 0.6 is 0 Å². The highest BCUT2D eigenvalue weighted by atomic mass is 16.5. The number of hydrogen-bond acceptors (Lipinski definition) is 3. The van der Waals surface area contributed by atoms with E-state index < -0.39 is 5.54 Å². The summed E-state index contributed by atoms with van der Waals surface area (Å²) in [4.78, 5) is 0. The van der Waals surface area contributed by atoms with Gasteiger partial charge in [-0.3, -0.25) is 0 Å². The lowest BCUT2D eigenvalue weighted by atomic mass is 9.91. The van der Waals surface area contributed by atoms with Crippen molar-refractivity contribution in [1.29, 1.82) is 0 Å². The zero-order valence-electron chi connectivity index (χ0n) is 12.5. The van der Waals surface area contributed by atoms with Crippen molar-refractivity contribution in [3.8, 4) is 0 Å². The van der Waals surface area contributed by atoms with Crippen LogP contribution in [0.1, 0.15) is 44.6 Å². The van der Waals surface area contributed by atoms with Crippen molar-refractivity contribution >= 4 is 0 Å². The molecule has 0 amide bonds. The molecule has 3 heteroatoms. The summed E-state index contributed by atoms with van der Waals surface area (Å²) >= 11 is 0. The molecule has 0 saturated heterocycles. The van der Waals surface area contributed by atoms with Gasteiger partial charge in [0, 0.05) is 0 Å². The predicted octanol–water partition coefficient (Wildman–Crippen LogP) is 2.83. The predicted molar refractivity (Wildman–Crippen MR) is 81.7 cm³/mol. The van der Waals surface area contributed by atoms with Gasteiger partial charge in [-0.05, 0) is 31.4 Å². The van der Waals surface area contributed by atoms with E-state index in [0.29, 0.717) is 12.7 Å². The van der Waals surface area contributed by atoms with Crippen LogP contribution in [-0.4, -0.2) is 31.0 Å². The van der Waals surface area contributed by atoms with Gasteiger partial charge in [-0.2, -0.15) is 0 Å². The van der Waals surface area contributed by atoms with Crippen LogP contribution in [0.15, 0.2) is 30.3 Å². The summed E-state index contributed by atoms with van der Waals surface area (Å²) in [5.74, 6) is 0. The first-order valence-electron chi connectivity index (χ1n) is 7.84. The Morgan fingerprint density at radius 2 is 1.95 bits per heavy atom. The fraction of sp³-hybridized carbons (Fsp3) is 0.647. The average Bonchev–Trinajstić information content (AvgIpc) is 3.02. The molecule has 1 unspecified atom stereocenters. The molecule has 1 aromatic rings. The van der Waals surface area contributed by atoms with Gasteiger partial charge in [0.1, 0.15) is 0 Å². The Bertz CT molecular complexity index is 376. The van der Waals surface area contributed by atoms with E-state index in [1.54, 1.807) is 0 Å². The summed E-state index contributed by atoms with van der Waals surface area (Å²) in [6, 6.07) is 10.2. The second kappa shape index (κ2) is 7.77. The summed E-state index contributed by atoms with van der Waals surface area (Å²) in [6.45, 7) is 3.61. The second-order valence-electron chi connectivity index (χ2n) is 5.75. The molecular formula is C17H27NO2. The first-order chi connectivity index (χ1) is 9.80. The third kappa shape index (κ3) is 3.81. The van der Waals surface area contributed by atoms with Crippen molar-refractivity contribution in [2.75, 3.05) is 19.8 Å². The summed E-state index contributed by atoms with van der Waals surface area (Å²) in [5.41, 5.74) is 0.633. The van der Waals surface area contributed by atoms with Crippen molar-refractivity contribution < 1.29 is 9.84 Å². The van der Waals surface area contributed by atoms with Crippen LogP contribution in [0.5, 0.6) is 0 Å². The van der Waals surface area contributed by atoms with Crippen LogP contribution in [0.4, 0.5) is 0 Å². The molecule has 0 spiro atoms. The number of hydrogen-bond donors (Lipinski definition) is 2. The van der Waals surface area contributed by atoms with Crippen LogP contribution in [0.3, 0.4) is 0 Å². The molecule has 1 atom stereocenters. The van der Waals surface area contributed by atoms with Gasteiger partial charge in [-0.15, -0.1) is 0 Å². The molecule has 2 N–H and O–H groups in total. The monoisotopic (exact) mass is 277 g/mol. The first kappa shape index (κ1) is 15.5. The molecule has 1 aliphatic rings. The van der Waals surface area contributed by atoms with Crippen LogP contribution in [0, 0.1) is 0 Å². The van der Waals surface area contributed by atoms with Crippen molar-refractivity contribution in [2.24, 2.45) is 0 Å². The van der Waals surface area contributed by atoms with Crippen molar-refractivity contribution in [3.05, 3.63) is 35.9 Å². The summed E-state index contributed by atoms with van der Waals surface area (Å²) < 4.78 is 6.09. The zero-order chi connectivity index (χ0) is 14.3. The fourth-order valence-electron chi connectivity index (χ4n) is 2.87. The molecule has 0 heterocycles. The van der Waals surface area contributed by atoms with Gasteiger partial charge in [0.05, 0.1) is 24.9 Å². The van der Waals surface area contributed by atoms with Crippen LogP contribution in [0.25, 0.3) is 0 Å². The summed E-state index contributed by atoms with van der Waals surface area (Å²) in [6.07, 6.45) is 6.26. The molecule has 3 nitrogen and oxygen atoms in total. The Morgan fingerprint density at radius 3 is 2.55 bits per heavy atom. The number of nitrogens with one attached hydrogen (secondary N) is 1. The Balaban J connectivity index is 2.08. The Labute approximate surface area is 122 Å². The zero-order valence-corrected chi connectivity index (χ0v) is 12.5. The van der Waals surface area contributed by atoms with Gasteiger partial charge in [0.2, 0.25) is 0 Å². The van der Waals surface area contributed by atoms with E-state index in [1.807, 2.05) is 18.2 Å². The van der Waals surface area contributed by atoms with Gasteiger partial charge in [0.15, 0.2) is 0 Å². The van der Waals surface area contributed by atoms with Crippen molar-refractivity contribution in [1.82, 2.24) is 5.32 Å². The highest BCUT2D eigenvalue weighted by Gasteiger charge is 2.32. The highest BCUT2D eigenvalue weighted by Crippen LogP contribution is 2.26. The molecule has 1 fully saturated rings. The van der Waals surface area contributed by atoms with E-state index in [-0.39, 0.29) is 6.61 Å². The maximum atomic E-state index is 9.99. The molecule has 0 aromatic heterocycles. The molecule has 1 saturated carbocycles. The molecule has 112 valence electrons. The minimum Gasteiger partial charge on any atom is -0.394 e. The molecule has 2 rings (SSSR count). The minimum absolute atomic E-state index is 0.0593. The fourth-order valence-corrected chi connectivity index (χ4v) is 2.87. The van der Waals surface area contributed by atoms with Gasteiger partial charge in [0.25, 0.3) is 0 Å². The molecule has 20 heavy (non-hydrogen) atoms. The third-order valence-electron chi connectivity index (χ3n) is 4.18. The van der Waals surface area contributed by atoms with E-state index in [2.05, 4.69) is 24.4 Å². The van der Waals surface area contributed by atoms with E-state index in [1.165, 1.54) is 12.8 Å². The van der Waals surface area contributed by atoms with E-state index in [0.717, 1.165) is 31.4 Å². The van der Waals surface area contributed by atoms with E-state index >= 15 is 0 Å². The minimum atomic E-state index is -0.472. The normalized spacial score (nSPS) is 19.1. The maximum Gasteiger partial charge on any atom is 0.0906 e. The first-order valence-corrected chi connectivity index (χ1v) is 7.84. The Hall–Kier alpha value is -0.900. The Morgan fingerprint density at radius 1 is 1.25 bits per heavy atom. The lowest BCUT2D eigenvalue weighted by molar-refractivity contribution is -0.00881. The van der Waals surface area contributed by atoms with Gasteiger partial charge in [-0.1, -0.05) is 50.1 Å². The Kier molecular flexibility index (Phi) is 6.02. The number of aliphatic hydroxyl groups excluding tert-OH is 1. The second-order valence-corrected chi connectivity index (χ2v) is 5.75. The average molecular weight is 277 g/mol. The largest absolute Gasteiger partial charge is 0.394 e. The van der Waals surface area contributed by atoms with Crippen LogP contribution in [-0.2, 0) is 10.3 Å². The molecule has 0 aliphatic heterocycles. The van der Waals surface area contributed by atoms with Crippen LogP contribution < -0.4 is 5.32 Å². The third-order valence-corrected chi connectivity index (χ3v) is 4.18.